The number of aromatic nitrogens is 1. The molecule has 9 heteroatoms. The number of hydrogen-bond donors (Lipinski definition) is 2. The number of aromatic amines is 1. The van der Waals surface area contributed by atoms with E-state index in [1.807, 2.05) is 18.2 Å². The maximum absolute atomic E-state index is 13.2. The van der Waals surface area contributed by atoms with Crippen molar-refractivity contribution in [2.45, 2.75) is 0 Å². The van der Waals surface area contributed by atoms with Crippen LogP contribution < -0.4 is 10.2 Å². The van der Waals surface area contributed by atoms with Gasteiger partial charge in [0.15, 0.2) is 0 Å². The molecule has 0 bridgehead atoms. The molecular weight excluding hydrogens is 501 g/mol. The van der Waals surface area contributed by atoms with Gasteiger partial charge in [-0.3, -0.25) is 4.79 Å². The van der Waals surface area contributed by atoms with Crippen LogP contribution >= 0.6 is 23.2 Å². The lowest BCUT2D eigenvalue weighted by molar-refractivity contribution is 0.0701. The normalized spacial score (nSPS) is 11.2. The van der Waals surface area contributed by atoms with E-state index in [1.165, 1.54) is 18.5 Å². The predicted octanol–water partition coefficient (Wildman–Crippen LogP) is 6.72. The molecule has 0 aliphatic carbocycles. The molecule has 0 radical (unpaired) electrons. The van der Waals surface area contributed by atoms with Crippen LogP contribution in [-0.2, 0) is 0 Å². The molecule has 1 amide bonds. The van der Waals surface area contributed by atoms with E-state index >= 15 is 0 Å². The van der Waals surface area contributed by atoms with Gasteiger partial charge in [0.2, 0.25) is 5.76 Å². The quantitative estimate of drug-likeness (QED) is 0.113. The first-order chi connectivity index (χ1) is 17.5. The molecule has 0 fully saturated rings. The summed E-state index contributed by atoms with van der Waals surface area (Å²) in [5.41, 5.74) is 5.29. The fourth-order valence-corrected chi connectivity index (χ4v) is 4.12. The van der Waals surface area contributed by atoms with Gasteiger partial charge in [-0.1, -0.05) is 53.5 Å². The zero-order valence-electron chi connectivity index (χ0n) is 18.5. The highest BCUT2D eigenvalue weighted by molar-refractivity contribution is 6.34. The minimum atomic E-state index is -0.647. The highest BCUT2D eigenvalue weighted by Crippen LogP contribution is 2.37. The summed E-state index contributed by atoms with van der Waals surface area (Å²) >= 11 is 12.7. The van der Waals surface area contributed by atoms with Gasteiger partial charge in [0, 0.05) is 37.6 Å². The number of carbonyl (C=O) groups is 2. The third kappa shape index (κ3) is 4.75. The Kier molecular flexibility index (Phi) is 6.58. The lowest BCUT2D eigenvalue weighted by atomic mass is 10.0. The van der Waals surface area contributed by atoms with Gasteiger partial charge in [-0.2, -0.15) is 5.10 Å². The fraction of sp³-hybridized carbons (Fsp3) is 0. The number of carbonyl (C=O) groups excluding carboxylic acids is 2. The van der Waals surface area contributed by atoms with Gasteiger partial charge in [-0.15, -0.1) is 0 Å². The van der Waals surface area contributed by atoms with Crippen LogP contribution in [-0.4, -0.2) is 23.1 Å². The number of hydrazone groups is 1. The lowest BCUT2D eigenvalue weighted by Gasteiger charge is -2.07. The van der Waals surface area contributed by atoms with Crippen molar-refractivity contribution < 1.29 is 18.7 Å². The maximum atomic E-state index is 13.2. The molecule has 0 aliphatic heterocycles. The molecule has 0 saturated heterocycles. The number of furan rings is 1. The summed E-state index contributed by atoms with van der Waals surface area (Å²) in [5.74, 6) is -0.806. The molecule has 2 heterocycles. The van der Waals surface area contributed by atoms with Crippen molar-refractivity contribution in [1.29, 1.82) is 0 Å². The Morgan fingerprint density at radius 1 is 0.972 bits per heavy atom. The summed E-state index contributed by atoms with van der Waals surface area (Å²) in [6.07, 6.45) is 2.77. The number of esters is 1. The van der Waals surface area contributed by atoms with Crippen molar-refractivity contribution in [1.82, 2.24) is 10.4 Å². The van der Waals surface area contributed by atoms with Gasteiger partial charge in [0.25, 0.3) is 5.91 Å². The van der Waals surface area contributed by atoms with Crippen LogP contribution in [0.25, 0.3) is 22.0 Å². The molecule has 0 atom stereocenters. The number of fused-ring (bicyclic) bond motifs is 1. The summed E-state index contributed by atoms with van der Waals surface area (Å²) in [5, 5.41) is 5.84. The van der Waals surface area contributed by atoms with E-state index in [4.69, 9.17) is 32.4 Å². The second-order valence-corrected chi connectivity index (χ2v) is 8.49. The second kappa shape index (κ2) is 10.1. The van der Waals surface area contributed by atoms with Gasteiger partial charge in [0.05, 0.1) is 12.5 Å². The Labute approximate surface area is 215 Å². The SMILES string of the molecule is O=C(Oc1ccccc1C=NNC(=O)c1[nH]c2ccc(Cl)cc2c1-c1ccccc1Cl)c1ccco1. The summed E-state index contributed by atoms with van der Waals surface area (Å²) in [6.45, 7) is 0. The van der Waals surface area contributed by atoms with E-state index in [9.17, 15) is 9.59 Å². The number of benzene rings is 3. The van der Waals surface area contributed by atoms with Crippen LogP contribution in [0.15, 0.2) is 94.6 Å². The van der Waals surface area contributed by atoms with E-state index in [0.717, 1.165) is 10.9 Å². The summed E-state index contributed by atoms with van der Waals surface area (Å²) in [7, 11) is 0. The predicted molar refractivity (Wildman–Crippen MR) is 139 cm³/mol. The van der Waals surface area contributed by atoms with Crippen LogP contribution in [0.2, 0.25) is 10.0 Å². The molecule has 178 valence electrons. The van der Waals surface area contributed by atoms with Gasteiger partial charge in [0.1, 0.15) is 11.4 Å². The Hall–Kier alpha value is -4.33. The van der Waals surface area contributed by atoms with Crippen LogP contribution in [0.5, 0.6) is 5.75 Å². The first-order valence-electron chi connectivity index (χ1n) is 10.8. The number of para-hydroxylation sites is 1. The smallest absolute Gasteiger partial charge is 0.379 e. The summed E-state index contributed by atoms with van der Waals surface area (Å²) in [4.78, 5) is 28.6. The van der Waals surface area contributed by atoms with E-state index in [-0.39, 0.29) is 17.2 Å². The second-order valence-electron chi connectivity index (χ2n) is 7.65. The van der Waals surface area contributed by atoms with Gasteiger partial charge in [-0.05, 0) is 48.5 Å². The Bertz CT molecular complexity index is 1610. The number of hydrogen-bond acceptors (Lipinski definition) is 5. The molecule has 2 N–H and O–H groups in total. The summed E-state index contributed by atoms with van der Waals surface area (Å²) < 4.78 is 10.5. The Balaban J connectivity index is 1.43. The molecule has 5 rings (SSSR count). The number of halogens is 2. The zero-order valence-corrected chi connectivity index (χ0v) is 20.0. The van der Waals surface area contributed by atoms with E-state index in [1.54, 1.807) is 54.6 Å². The first kappa shape index (κ1) is 23.4. The molecular formula is C27H17Cl2N3O4. The molecule has 5 aromatic rings. The largest absolute Gasteiger partial charge is 0.457 e. The molecule has 0 spiro atoms. The van der Waals surface area contributed by atoms with E-state index in [0.29, 0.717) is 26.7 Å². The number of H-pyrrole nitrogens is 1. The van der Waals surface area contributed by atoms with Crippen molar-refractivity contribution >= 4 is 52.2 Å². The number of rotatable bonds is 6. The van der Waals surface area contributed by atoms with Crippen LogP contribution in [0.4, 0.5) is 0 Å². The number of nitrogens with zero attached hydrogens (tertiary/aromatic N) is 1. The van der Waals surface area contributed by atoms with E-state index < -0.39 is 11.9 Å². The molecule has 0 unspecified atom stereocenters. The number of amides is 1. The molecule has 36 heavy (non-hydrogen) atoms. The Morgan fingerprint density at radius 2 is 1.78 bits per heavy atom. The lowest BCUT2D eigenvalue weighted by Crippen LogP contribution is -2.19. The zero-order chi connectivity index (χ0) is 25.1. The Morgan fingerprint density at radius 3 is 2.58 bits per heavy atom. The molecule has 7 nitrogen and oxygen atoms in total. The van der Waals surface area contributed by atoms with Crippen molar-refractivity contribution in [2.24, 2.45) is 5.10 Å². The van der Waals surface area contributed by atoms with Crippen molar-refractivity contribution in [3.05, 3.63) is 112 Å². The molecule has 3 aromatic carbocycles. The average Bonchev–Trinajstić information content (AvgIpc) is 3.54. The highest BCUT2D eigenvalue weighted by Gasteiger charge is 2.21. The monoisotopic (exact) mass is 517 g/mol. The number of nitrogens with one attached hydrogen (secondary N) is 2. The topological polar surface area (TPSA) is 96.7 Å². The fourth-order valence-electron chi connectivity index (χ4n) is 3.72. The highest BCUT2D eigenvalue weighted by atomic mass is 35.5. The van der Waals surface area contributed by atoms with Crippen molar-refractivity contribution in [3.63, 3.8) is 0 Å². The third-order valence-electron chi connectivity index (χ3n) is 5.34. The van der Waals surface area contributed by atoms with Crippen LogP contribution in [0.3, 0.4) is 0 Å². The summed E-state index contributed by atoms with van der Waals surface area (Å²) in [6, 6.07) is 22.4. The van der Waals surface area contributed by atoms with Crippen molar-refractivity contribution in [3.8, 4) is 16.9 Å². The average molecular weight is 518 g/mol. The first-order valence-corrected chi connectivity index (χ1v) is 11.5. The van der Waals surface area contributed by atoms with Crippen LogP contribution in [0, 0.1) is 0 Å². The van der Waals surface area contributed by atoms with Gasteiger partial charge < -0.3 is 14.1 Å². The minimum absolute atomic E-state index is 0.0704. The van der Waals surface area contributed by atoms with E-state index in [2.05, 4.69) is 15.5 Å². The molecule has 2 aromatic heterocycles. The maximum Gasteiger partial charge on any atom is 0.379 e. The van der Waals surface area contributed by atoms with Gasteiger partial charge in [-0.25, -0.2) is 10.2 Å². The number of ether oxygens (including phenoxy) is 1. The minimum Gasteiger partial charge on any atom is -0.457 e. The molecule has 0 saturated carbocycles. The van der Waals surface area contributed by atoms with Crippen LogP contribution in [0.1, 0.15) is 26.6 Å². The molecule has 0 aliphatic rings. The third-order valence-corrected chi connectivity index (χ3v) is 5.91. The van der Waals surface area contributed by atoms with Gasteiger partial charge >= 0.3 is 5.97 Å². The van der Waals surface area contributed by atoms with Crippen molar-refractivity contribution in [2.75, 3.05) is 0 Å². The standard InChI is InChI=1S/C27H17Cl2N3O4/c28-17-11-12-21-19(14-17)24(18-7-2-3-8-20(18)29)25(31-21)26(33)32-30-15-16-6-1-4-9-22(16)36-27(34)23-10-5-13-35-23/h1-15,31H,(H,32,33).